The van der Waals surface area contributed by atoms with E-state index >= 15 is 0 Å². The molecule has 0 saturated carbocycles. The Hall–Kier alpha value is -2.53. The molecule has 1 aliphatic carbocycles. The molecule has 3 heterocycles. The maximum absolute atomic E-state index is 13.3. The van der Waals surface area contributed by atoms with Gasteiger partial charge in [0, 0.05) is 39.9 Å². The number of rotatable bonds is 4. The summed E-state index contributed by atoms with van der Waals surface area (Å²) in [4.78, 5) is 24.7. The number of pyridine rings is 2. The predicted octanol–water partition coefficient (Wildman–Crippen LogP) is 4.27. The Morgan fingerprint density at radius 1 is 1.18 bits per heavy atom. The number of hydrogen-bond acceptors (Lipinski definition) is 5. The Morgan fingerprint density at radius 3 is 2.96 bits per heavy atom. The van der Waals surface area contributed by atoms with E-state index in [1.165, 1.54) is 18.4 Å². The monoisotopic (exact) mass is 380 g/mol. The summed E-state index contributed by atoms with van der Waals surface area (Å²) in [6.45, 7) is 5.75. The molecule has 5 heteroatoms. The molecule has 0 atom stereocenters. The number of carbonyl (C=O) groups excluding carboxylic acids is 1. The molecule has 1 N–H and O–H groups in total. The van der Waals surface area contributed by atoms with Crippen molar-refractivity contribution >= 4 is 17.2 Å². The normalized spacial score (nSPS) is 17.8. The molecule has 1 saturated heterocycles. The molecule has 2 aromatic heterocycles. The fourth-order valence-electron chi connectivity index (χ4n) is 3.98. The van der Waals surface area contributed by atoms with Crippen LogP contribution in [-0.4, -0.2) is 41.9 Å². The highest BCUT2D eigenvalue weighted by atomic mass is 16.1. The van der Waals surface area contributed by atoms with Gasteiger partial charge in [-0.25, -0.2) is 4.98 Å². The second-order valence-electron chi connectivity index (χ2n) is 7.63. The van der Waals surface area contributed by atoms with Gasteiger partial charge in [-0.2, -0.15) is 0 Å². The summed E-state index contributed by atoms with van der Waals surface area (Å²) in [6.07, 6.45) is 9.90. The lowest BCUT2D eigenvalue weighted by molar-refractivity contribution is 0.103. The highest BCUT2D eigenvalue weighted by Gasteiger charge is 2.18. The first-order valence-electron chi connectivity index (χ1n) is 10.4. The standard InChI is InChI=1S/C23H28N4O.2H2/c1-17-20(15-19(16-25-17)18-7-3-2-4-8-18)23(28)21-9-5-10-22(26-21)27-13-6-11-24-12-14-27;;/h5,7,9-10,15-16,24H,2-4,6,8,11-14H2,1H3;2*1H. The van der Waals surface area contributed by atoms with Gasteiger partial charge in [-0.15, -0.1) is 0 Å². The average Bonchev–Trinajstić information content (AvgIpc) is 3.04. The minimum atomic E-state index is -0.0435. The minimum Gasteiger partial charge on any atom is -0.355 e. The minimum absolute atomic E-state index is 0. The first-order chi connectivity index (χ1) is 13.7. The second-order valence-corrected chi connectivity index (χ2v) is 7.63. The van der Waals surface area contributed by atoms with Crippen LogP contribution in [0.1, 0.15) is 62.3 Å². The van der Waals surface area contributed by atoms with E-state index in [0.717, 1.165) is 62.5 Å². The van der Waals surface area contributed by atoms with Crippen molar-refractivity contribution in [2.45, 2.75) is 39.0 Å². The van der Waals surface area contributed by atoms with Crippen LogP contribution in [0, 0.1) is 6.92 Å². The number of anilines is 1. The molecular weight excluding hydrogens is 348 g/mol. The van der Waals surface area contributed by atoms with Gasteiger partial charge in [0.2, 0.25) is 5.78 Å². The maximum atomic E-state index is 13.3. The molecule has 150 valence electrons. The Kier molecular flexibility index (Phi) is 5.81. The van der Waals surface area contributed by atoms with Crippen LogP contribution in [0.5, 0.6) is 0 Å². The number of aromatic nitrogens is 2. The Labute approximate surface area is 169 Å². The van der Waals surface area contributed by atoms with Crippen LogP contribution in [0.15, 0.2) is 36.5 Å². The Bertz CT molecular complexity index is 893. The molecule has 5 nitrogen and oxygen atoms in total. The fourth-order valence-corrected chi connectivity index (χ4v) is 3.98. The molecule has 0 amide bonds. The van der Waals surface area contributed by atoms with Gasteiger partial charge in [0.15, 0.2) is 0 Å². The molecule has 0 radical (unpaired) electrons. The van der Waals surface area contributed by atoms with Crippen molar-refractivity contribution in [1.82, 2.24) is 15.3 Å². The molecule has 1 aliphatic heterocycles. The van der Waals surface area contributed by atoms with E-state index in [0.29, 0.717) is 11.3 Å². The zero-order valence-corrected chi connectivity index (χ0v) is 16.6. The highest BCUT2D eigenvalue weighted by Crippen LogP contribution is 2.28. The molecule has 0 aromatic carbocycles. The molecular formula is C23H32N4O. The molecule has 0 spiro atoms. The maximum Gasteiger partial charge on any atom is 0.213 e. The van der Waals surface area contributed by atoms with Gasteiger partial charge in [-0.3, -0.25) is 9.78 Å². The van der Waals surface area contributed by atoms with Crippen molar-refractivity contribution in [1.29, 1.82) is 0 Å². The SMILES string of the molecule is Cc1ncc(C2=CCCCC2)cc1C(=O)c1cccc(N2CCCNCC2)n1.[HH].[HH]. The van der Waals surface area contributed by atoms with Gasteiger partial charge in [0.25, 0.3) is 0 Å². The topological polar surface area (TPSA) is 58.1 Å². The summed E-state index contributed by atoms with van der Waals surface area (Å²) >= 11 is 0. The van der Waals surface area contributed by atoms with Crippen molar-refractivity contribution in [3.05, 3.63) is 59.1 Å². The summed E-state index contributed by atoms with van der Waals surface area (Å²) < 4.78 is 0. The summed E-state index contributed by atoms with van der Waals surface area (Å²) in [6, 6.07) is 7.75. The average molecular weight is 381 g/mol. The lowest BCUT2D eigenvalue weighted by Gasteiger charge is -2.21. The predicted molar refractivity (Wildman–Crippen MR) is 117 cm³/mol. The lowest BCUT2D eigenvalue weighted by Crippen LogP contribution is -2.29. The van der Waals surface area contributed by atoms with Gasteiger partial charge in [0.1, 0.15) is 11.5 Å². The molecule has 1 fully saturated rings. The first-order valence-corrected chi connectivity index (χ1v) is 10.4. The molecule has 0 unspecified atom stereocenters. The quantitative estimate of drug-likeness (QED) is 0.803. The van der Waals surface area contributed by atoms with E-state index in [1.807, 2.05) is 37.4 Å². The molecule has 2 aromatic rings. The van der Waals surface area contributed by atoms with Crippen molar-refractivity contribution < 1.29 is 7.65 Å². The Balaban J connectivity index is 0.00000160. The van der Waals surface area contributed by atoms with Crippen molar-refractivity contribution in [3.8, 4) is 0 Å². The summed E-state index contributed by atoms with van der Waals surface area (Å²) in [5, 5.41) is 3.41. The van der Waals surface area contributed by atoms with Gasteiger partial charge < -0.3 is 10.2 Å². The number of aryl methyl sites for hydroxylation is 1. The number of carbonyl (C=O) groups is 1. The van der Waals surface area contributed by atoms with Crippen molar-refractivity contribution in [2.24, 2.45) is 0 Å². The Morgan fingerprint density at radius 2 is 2.11 bits per heavy atom. The number of allylic oxidation sites excluding steroid dienone is 2. The van der Waals surface area contributed by atoms with Crippen LogP contribution in [0.3, 0.4) is 0 Å². The lowest BCUT2D eigenvalue weighted by atomic mass is 9.93. The van der Waals surface area contributed by atoms with E-state index in [9.17, 15) is 4.79 Å². The number of ketones is 1. The largest absolute Gasteiger partial charge is 0.355 e. The number of hydrogen-bond donors (Lipinski definition) is 1. The third-order valence-corrected chi connectivity index (χ3v) is 5.62. The van der Waals surface area contributed by atoms with Gasteiger partial charge >= 0.3 is 0 Å². The van der Waals surface area contributed by atoms with Crippen LogP contribution >= 0.6 is 0 Å². The van der Waals surface area contributed by atoms with Gasteiger partial charge in [0.05, 0.1) is 0 Å². The fraction of sp³-hybridized carbons (Fsp3) is 0.435. The third-order valence-electron chi connectivity index (χ3n) is 5.62. The molecule has 28 heavy (non-hydrogen) atoms. The summed E-state index contributed by atoms with van der Waals surface area (Å²) in [5.74, 6) is 0.837. The first kappa shape index (κ1) is 18.8. The van der Waals surface area contributed by atoms with Crippen molar-refractivity contribution in [2.75, 3.05) is 31.1 Å². The van der Waals surface area contributed by atoms with E-state index in [1.54, 1.807) is 0 Å². The zero-order valence-electron chi connectivity index (χ0n) is 16.6. The number of nitrogens with zero attached hydrogens (tertiary/aromatic N) is 3. The van der Waals surface area contributed by atoms with Gasteiger partial charge in [-0.1, -0.05) is 12.1 Å². The van der Waals surface area contributed by atoms with E-state index < -0.39 is 0 Å². The summed E-state index contributed by atoms with van der Waals surface area (Å²) in [5.41, 5.74) is 4.30. The van der Waals surface area contributed by atoms with Crippen LogP contribution in [0.25, 0.3) is 5.57 Å². The van der Waals surface area contributed by atoms with Crippen LogP contribution in [0.4, 0.5) is 5.82 Å². The molecule has 4 rings (SSSR count). The van der Waals surface area contributed by atoms with Gasteiger partial charge in [-0.05, 0) is 74.9 Å². The molecule has 2 aliphatic rings. The van der Waals surface area contributed by atoms with E-state index in [4.69, 9.17) is 4.98 Å². The molecule has 0 bridgehead atoms. The van der Waals surface area contributed by atoms with Crippen LogP contribution in [0.2, 0.25) is 0 Å². The van der Waals surface area contributed by atoms with Crippen molar-refractivity contribution in [3.63, 3.8) is 0 Å². The van der Waals surface area contributed by atoms with Crippen LogP contribution in [-0.2, 0) is 0 Å². The second kappa shape index (κ2) is 8.65. The van der Waals surface area contributed by atoms with E-state index in [2.05, 4.69) is 21.3 Å². The highest BCUT2D eigenvalue weighted by molar-refractivity contribution is 6.09. The third kappa shape index (κ3) is 4.14. The zero-order chi connectivity index (χ0) is 19.3. The van der Waals surface area contributed by atoms with Crippen LogP contribution < -0.4 is 10.2 Å². The van der Waals surface area contributed by atoms with E-state index in [-0.39, 0.29) is 8.64 Å². The smallest absolute Gasteiger partial charge is 0.213 e. The summed E-state index contributed by atoms with van der Waals surface area (Å²) in [7, 11) is 0. The number of nitrogens with one attached hydrogen (secondary N) is 1.